The van der Waals surface area contributed by atoms with Crippen LogP contribution < -0.4 is 10.6 Å². The molecule has 1 heterocycles. The van der Waals surface area contributed by atoms with E-state index in [0.717, 1.165) is 25.9 Å². The molecule has 1 aliphatic heterocycles. The fourth-order valence-electron chi connectivity index (χ4n) is 2.61. The second-order valence-corrected chi connectivity index (χ2v) is 5.76. The van der Waals surface area contributed by atoms with Gasteiger partial charge in [-0.3, -0.25) is 4.79 Å². The molecule has 0 bridgehead atoms. The number of carbonyl (C=O) groups excluding carboxylic acids is 1. The van der Waals surface area contributed by atoms with E-state index in [2.05, 4.69) is 10.6 Å². The van der Waals surface area contributed by atoms with Gasteiger partial charge in [-0.05, 0) is 56.0 Å². The number of rotatable bonds is 6. The summed E-state index contributed by atoms with van der Waals surface area (Å²) in [6.45, 7) is 1.97. The van der Waals surface area contributed by atoms with Crippen molar-refractivity contribution in [1.82, 2.24) is 5.32 Å². The third kappa shape index (κ3) is 7.70. The van der Waals surface area contributed by atoms with Crippen molar-refractivity contribution in [2.75, 3.05) is 18.4 Å². The van der Waals surface area contributed by atoms with Crippen molar-refractivity contribution in [3.05, 3.63) is 29.8 Å². The number of carbonyl (C=O) groups is 1. The number of amides is 1. The molecule has 1 atom stereocenters. The topological polar surface area (TPSA) is 41.1 Å². The van der Waals surface area contributed by atoms with E-state index in [4.69, 9.17) is 0 Å². The first-order valence-electron chi connectivity index (χ1n) is 7.58. The van der Waals surface area contributed by atoms with Crippen LogP contribution in [-0.2, 0) is 11.2 Å². The normalized spacial score (nSPS) is 17.6. The predicted molar refractivity (Wildman–Crippen MR) is 86.9 cm³/mol. The molecule has 1 aliphatic rings. The molecule has 7 heteroatoms. The highest BCUT2D eigenvalue weighted by atomic mass is 35.5. The van der Waals surface area contributed by atoms with Crippen molar-refractivity contribution in [2.45, 2.75) is 38.3 Å². The highest BCUT2D eigenvalue weighted by molar-refractivity contribution is 5.90. The van der Waals surface area contributed by atoms with Gasteiger partial charge in [0.05, 0.1) is 0 Å². The Hall–Kier alpha value is -1.27. The molecule has 1 fully saturated rings. The van der Waals surface area contributed by atoms with Gasteiger partial charge >= 0.3 is 6.18 Å². The van der Waals surface area contributed by atoms with Gasteiger partial charge in [-0.25, -0.2) is 0 Å². The lowest BCUT2D eigenvalue weighted by Crippen LogP contribution is -2.15. The summed E-state index contributed by atoms with van der Waals surface area (Å²) in [5.41, 5.74) is 1.14. The molecule has 1 aromatic carbocycles. The average Bonchev–Trinajstić information content (AvgIpc) is 2.96. The summed E-state index contributed by atoms with van der Waals surface area (Å²) in [7, 11) is 0. The van der Waals surface area contributed by atoms with E-state index in [0.29, 0.717) is 23.6 Å². The average molecular weight is 351 g/mol. The van der Waals surface area contributed by atoms with E-state index < -0.39 is 12.6 Å². The van der Waals surface area contributed by atoms with Crippen LogP contribution >= 0.6 is 12.4 Å². The van der Waals surface area contributed by atoms with Crippen LogP contribution in [0.1, 0.15) is 31.2 Å². The largest absolute Gasteiger partial charge is 0.389 e. The second-order valence-electron chi connectivity index (χ2n) is 5.76. The molecule has 2 rings (SSSR count). The first kappa shape index (κ1) is 19.8. The number of hydrogen-bond donors (Lipinski definition) is 2. The van der Waals surface area contributed by atoms with Crippen molar-refractivity contribution >= 4 is 24.0 Å². The summed E-state index contributed by atoms with van der Waals surface area (Å²) < 4.78 is 36.7. The van der Waals surface area contributed by atoms with Gasteiger partial charge in [-0.1, -0.05) is 12.1 Å². The van der Waals surface area contributed by atoms with E-state index >= 15 is 0 Å². The van der Waals surface area contributed by atoms with E-state index in [-0.39, 0.29) is 24.7 Å². The van der Waals surface area contributed by atoms with E-state index in [1.807, 2.05) is 0 Å². The molecule has 0 saturated carbocycles. The molecule has 130 valence electrons. The maximum Gasteiger partial charge on any atom is 0.389 e. The van der Waals surface area contributed by atoms with Crippen LogP contribution in [0.25, 0.3) is 0 Å². The van der Waals surface area contributed by atoms with Gasteiger partial charge in [0.2, 0.25) is 5.91 Å². The lowest BCUT2D eigenvalue weighted by molar-refractivity contribution is -0.134. The van der Waals surface area contributed by atoms with Gasteiger partial charge in [0.25, 0.3) is 0 Å². The molecule has 23 heavy (non-hydrogen) atoms. The Morgan fingerprint density at radius 3 is 2.78 bits per heavy atom. The third-order valence-corrected chi connectivity index (χ3v) is 3.85. The van der Waals surface area contributed by atoms with Crippen LogP contribution in [0.15, 0.2) is 24.3 Å². The maximum atomic E-state index is 12.2. The van der Waals surface area contributed by atoms with Crippen LogP contribution in [0.3, 0.4) is 0 Å². The first-order valence-corrected chi connectivity index (χ1v) is 7.58. The Bertz CT molecular complexity index is 502. The van der Waals surface area contributed by atoms with Gasteiger partial charge in [0, 0.05) is 18.5 Å². The Kier molecular flexibility index (Phi) is 7.85. The number of benzene rings is 1. The molecule has 1 unspecified atom stereocenters. The molecule has 0 aliphatic carbocycles. The monoisotopic (exact) mass is 350 g/mol. The Balaban J connectivity index is 0.00000264. The van der Waals surface area contributed by atoms with Crippen LogP contribution in [0.2, 0.25) is 0 Å². The Labute approximate surface area is 140 Å². The number of aryl methyl sites for hydroxylation is 1. The SMILES string of the molecule is Cl.O=C(CCC1CCNC1)Nc1cccc(CCC(F)(F)F)c1. The Morgan fingerprint density at radius 1 is 1.35 bits per heavy atom. The highest BCUT2D eigenvalue weighted by Crippen LogP contribution is 2.23. The fraction of sp³-hybridized carbons (Fsp3) is 0.562. The van der Waals surface area contributed by atoms with Crippen LogP contribution in [-0.4, -0.2) is 25.2 Å². The molecular weight excluding hydrogens is 329 g/mol. The van der Waals surface area contributed by atoms with Gasteiger partial charge in [0.1, 0.15) is 0 Å². The molecule has 0 aromatic heterocycles. The van der Waals surface area contributed by atoms with Gasteiger partial charge in [-0.2, -0.15) is 13.2 Å². The zero-order valence-corrected chi connectivity index (χ0v) is 13.6. The third-order valence-electron chi connectivity index (χ3n) is 3.85. The summed E-state index contributed by atoms with van der Waals surface area (Å²) in [4.78, 5) is 11.9. The minimum Gasteiger partial charge on any atom is -0.326 e. The first-order chi connectivity index (χ1) is 10.4. The number of nitrogens with one attached hydrogen (secondary N) is 2. The van der Waals surface area contributed by atoms with E-state index in [1.165, 1.54) is 0 Å². The quantitative estimate of drug-likeness (QED) is 0.816. The number of alkyl halides is 3. The van der Waals surface area contributed by atoms with E-state index in [9.17, 15) is 18.0 Å². The molecule has 3 nitrogen and oxygen atoms in total. The molecule has 0 spiro atoms. The predicted octanol–water partition coefficient (Wildman–Crippen LogP) is 3.93. The Morgan fingerprint density at radius 2 is 2.13 bits per heavy atom. The number of halogens is 4. The highest BCUT2D eigenvalue weighted by Gasteiger charge is 2.26. The van der Waals surface area contributed by atoms with Gasteiger partial charge in [-0.15, -0.1) is 12.4 Å². The zero-order chi connectivity index (χ0) is 16.0. The van der Waals surface area contributed by atoms with Crippen molar-refractivity contribution in [1.29, 1.82) is 0 Å². The van der Waals surface area contributed by atoms with Crippen LogP contribution in [0, 0.1) is 5.92 Å². The second kappa shape index (κ2) is 9.13. The minimum absolute atomic E-state index is 0. The zero-order valence-electron chi connectivity index (χ0n) is 12.8. The number of anilines is 1. The van der Waals surface area contributed by atoms with Crippen molar-refractivity contribution in [2.24, 2.45) is 5.92 Å². The molecular formula is C16H22ClF3N2O. The molecule has 0 radical (unpaired) electrons. The summed E-state index contributed by atoms with van der Waals surface area (Å²) in [5, 5.41) is 6.02. The summed E-state index contributed by atoms with van der Waals surface area (Å²) in [6.07, 6.45) is -2.69. The molecule has 1 aromatic rings. The van der Waals surface area contributed by atoms with E-state index in [1.54, 1.807) is 24.3 Å². The maximum absolute atomic E-state index is 12.2. The summed E-state index contributed by atoms with van der Waals surface area (Å²) in [5.74, 6) is 0.462. The van der Waals surface area contributed by atoms with Crippen molar-refractivity contribution in [3.63, 3.8) is 0 Å². The lowest BCUT2D eigenvalue weighted by atomic mass is 10.0. The molecule has 2 N–H and O–H groups in total. The standard InChI is InChI=1S/C16H21F3N2O.ClH/c17-16(18,19)8-6-12-2-1-3-14(10-12)21-15(22)5-4-13-7-9-20-11-13;/h1-3,10,13,20H,4-9,11H2,(H,21,22);1H. The molecule has 1 saturated heterocycles. The van der Waals surface area contributed by atoms with Gasteiger partial charge < -0.3 is 10.6 Å². The number of hydrogen-bond acceptors (Lipinski definition) is 2. The summed E-state index contributed by atoms with van der Waals surface area (Å²) in [6, 6.07) is 6.63. The van der Waals surface area contributed by atoms with Gasteiger partial charge in [0.15, 0.2) is 0 Å². The fourth-order valence-corrected chi connectivity index (χ4v) is 2.61. The molecule has 1 amide bonds. The lowest BCUT2D eigenvalue weighted by Gasteiger charge is -2.10. The van der Waals surface area contributed by atoms with Crippen LogP contribution in [0.5, 0.6) is 0 Å². The van der Waals surface area contributed by atoms with Crippen molar-refractivity contribution in [3.8, 4) is 0 Å². The smallest absolute Gasteiger partial charge is 0.326 e. The minimum atomic E-state index is -4.16. The van der Waals surface area contributed by atoms with Crippen LogP contribution in [0.4, 0.5) is 18.9 Å². The van der Waals surface area contributed by atoms with Crippen molar-refractivity contribution < 1.29 is 18.0 Å². The summed E-state index contributed by atoms with van der Waals surface area (Å²) >= 11 is 0.